The number of hydrogen-bond donors (Lipinski definition) is 1. The van der Waals surface area contributed by atoms with Crippen LogP contribution in [-0.4, -0.2) is 16.3 Å². The Hall–Kier alpha value is -0.440. The lowest BCUT2D eigenvalue weighted by Gasteiger charge is -2.01. The molecule has 0 radical (unpaired) electrons. The molecule has 11 heavy (non-hydrogen) atoms. The Morgan fingerprint density at radius 3 is 2.64 bits per heavy atom. The number of rotatable bonds is 3. The number of carboxylic acids is 1. The minimum Gasteiger partial charge on any atom is -0.478 e. The van der Waals surface area contributed by atoms with Gasteiger partial charge in [-0.2, -0.15) is 0 Å². The van der Waals surface area contributed by atoms with Crippen molar-refractivity contribution in [2.24, 2.45) is 0 Å². The van der Waals surface area contributed by atoms with Gasteiger partial charge in [-0.05, 0) is 18.2 Å². The van der Waals surface area contributed by atoms with Crippen LogP contribution in [0, 0.1) is 0 Å². The Bertz CT molecular complexity index is 159. The Balaban J connectivity index is 2.15. The molecule has 0 atom stereocenters. The maximum atomic E-state index is 10.1. The summed E-state index contributed by atoms with van der Waals surface area (Å²) in [4.78, 5) is 10.1. The number of carboxylic acid groups (broad SMARTS) is 1. The van der Waals surface area contributed by atoms with E-state index in [1.54, 1.807) is 17.2 Å². The van der Waals surface area contributed by atoms with Crippen LogP contribution in [0.15, 0.2) is 11.5 Å². The fourth-order valence-corrected chi connectivity index (χ4v) is 2.26. The van der Waals surface area contributed by atoms with E-state index in [1.807, 2.05) is 0 Å². The molecule has 1 saturated carbocycles. The Morgan fingerprint density at radius 1 is 1.45 bits per heavy atom. The van der Waals surface area contributed by atoms with Crippen molar-refractivity contribution in [2.45, 2.75) is 30.9 Å². The van der Waals surface area contributed by atoms with E-state index >= 15 is 0 Å². The van der Waals surface area contributed by atoms with Crippen molar-refractivity contribution in [3.8, 4) is 0 Å². The molecule has 0 saturated heterocycles. The summed E-state index contributed by atoms with van der Waals surface area (Å²) in [5.41, 5.74) is 0. The monoisotopic (exact) mass is 172 g/mol. The SMILES string of the molecule is O=C(O)/C=C/SC1CCCC1. The highest BCUT2D eigenvalue weighted by Crippen LogP contribution is 2.29. The highest BCUT2D eigenvalue weighted by atomic mass is 32.2. The van der Waals surface area contributed by atoms with Gasteiger partial charge in [0.2, 0.25) is 0 Å². The molecule has 1 N–H and O–H groups in total. The summed E-state index contributed by atoms with van der Waals surface area (Å²) in [7, 11) is 0. The first-order valence-electron chi connectivity index (χ1n) is 3.84. The van der Waals surface area contributed by atoms with Gasteiger partial charge in [-0.1, -0.05) is 12.8 Å². The summed E-state index contributed by atoms with van der Waals surface area (Å²) < 4.78 is 0. The fraction of sp³-hybridized carbons (Fsp3) is 0.625. The molecule has 2 nitrogen and oxygen atoms in total. The second-order valence-electron chi connectivity index (χ2n) is 2.68. The van der Waals surface area contributed by atoms with Crippen LogP contribution in [0.4, 0.5) is 0 Å². The van der Waals surface area contributed by atoms with Gasteiger partial charge in [-0.15, -0.1) is 11.8 Å². The number of hydrogen-bond acceptors (Lipinski definition) is 2. The summed E-state index contributed by atoms with van der Waals surface area (Å²) in [6, 6.07) is 0. The van der Waals surface area contributed by atoms with E-state index in [9.17, 15) is 4.79 Å². The standard InChI is InChI=1S/C8H12O2S/c9-8(10)5-6-11-7-3-1-2-4-7/h5-7H,1-4H2,(H,9,10)/b6-5+. The minimum atomic E-state index is -0.851. The van der Waals surface area contributed by atoms with Crippen LogP contribution in [0.5, 0.6) is 0 Å². The molecule has 1 aliphatic carbocycles. The molecule has 0 aromatic carbocycles. The Labute approximate surface area is 70.7 Å². The highest BCUT2D eigenvalue weighted by Gasteiger charge is 2.13. The predicted molar refractivity (Wildman–Crippen MR) is 46.6 cm³/mol. The lowest BCUT2D eigenvalue weighted by Crippen LogP contribution is -1.91. The maximum absolute atomic E-state index is 10.1. The number of thioether (sulfide) groups is 1. The zero-order chi connectivity index (χ0) is 8.10. The van der Waals surface area contributed by atoms with E-state index < -0.39 is 5.97 Å². The first-order chi connectivity index (χ1) is 5.29. The first-order valence-corrected chi connectivity index (χ1v) is 4.78. The van der Waals surface area contributed by atoms with Crippen LogP contribution in [0.2, 0.25) is 0 Å². The molecule has 3 heteroatoms. The van der Waals surface area contributed by atoms with Crippen LogP contribution >= 0.6 is 11.8 Å². The molecular formula is C8H12O2S. The average Bonchev–Trinajstić information content (AvgIpc) is 2.39. The summed E-state index contributed by atoms with van der Waals surface area (Å²) in [6.45, 7) is 0. The van der Waals surface area contributed by atoms with E-state index in [0.29, 0.717) is 5.25 Å². The molecule has 62 valence electrons. The predicted octanol–water partition coefficient (Wildman–Crippen LogP) is 2.26. The molecule has 1 aliphatic rings. The average molecular weight is 172 g/mol. The van der Waals surface area contributed by atoms with Crippen molar-refractivity contribution >= 4 is 17.7 Å². The molecule has 0 amide bonds. The van der Waals surface area contributed by atoms with Gasteiger partial charge in [-0.3, -0.25) is 0 Å². The molecule has 0 spiro atoms. The zero-order valence-corrected chi connectivity index (χ0v) is 7.14. The third-order valence-corrected chi connectivity index (χ3v) is 2.93. The highest BCUT2D eigenvalue weighted by molar-refractivity contribution is 8.02. The van der Waals surface area contributed by atoms with Crippen molar-refractivity contribution in [3.63, 3.8) is 0 Å². The van der Waals surface area contributed by atoms with Crippen molar-refractivity contribution in [3.05, 3.63) is 11.5 Å². The van der Waals surface area contributed by atoms with Gasteiger partial charge < -0.3 is 5.11 Å². The summed E-state index contributed by atoms with van der Waals surface area (Å²) >= 11 is 1.65. The number of carbonyl (C=O) groups is 1. The van der Waals surface area contributed by atoms with E-state index in [-0.39, 0.29) is 0 Å². The van der Waals surface area contributed by atoms with Gasteiger partial charge in [0.1, 0.15) is 0 Å². The number of aliphatic carboxylic acids is 1. The molecule has 0 heterocycles. The zero-order valence-electron chi connectivity index (χ0n) is 6.32. The van der Waals surface area contributed by atoms with Crippen LogP contribution in [0.1, 0.15) is 25.7 Å². The topological polar surface area (TPSA) is 37.3 Å². The largest absolute Gasteiger partial charge is 0.478 e. The molecule has 0 unspecified atom stereocenters. The normalized spacial score (nSPS) is 19.6. The van der Waals surface area contributed by atoms with Crippen LogP contribution in [0.25, 0.3) is 0 Å². The van der Waals surface area contributed by atoms with Gasteiger partial charge >= 0.3 is 5.97 Å². The van der Waals surface area contributed by atoms with Gasteiger partial charge in [0.25, 0.3) is 0 Å². The molecule has 0 aliphatic heterocycles. The molecule has 0 bridgehead atoms. The second-order valence-corrected chi connectivity index (χ2v) is 3.89. The van der Waals surface area contributed by atoms with E-state index in [1.165, 1.54) is 31.8 Å². The molecular weight excluding hydrogens is 160 g/mol. The minimum absolute atomic E-state index is 0.672. The second kappa shape index (κ2) is 4.44. The quantitative estimate of drug-likeness (QED) is 0.663. The van der Waals surface area contributed by atoms with Crippen LogP contribution < -0.4 is 0 Å². The summed E-state index contributed by atoms with van der Waals surface area (Å²) in [5.74, 6) is -0.851. The van der Waals surface area contributed by atoms with Crippen LogP contribution in [0.3, 0.4) is 0 Å². The van der Waals surface area contributed by atoms with E-state index in [4.69, 9.17) is 5.11 Å². The summed E-state index contributed by atoms with van der Waals surface area (Å²) in [5, 5.41) is 10.7. The maximum Gasteiger partial charge on any atom is 0.328 e. The summed E-state index contributed by atoms with van der Waals surface area (Å²) in [6.07, 6.45) is 6.31. The van der Waals surface area contributed by atoms with Crippen molar-refractivity contribution in [1.29, 1.82) is 0 Å². The Morgan fingerprint density at radius 2 is 2.09 bits per heavy atom. The fourth-order valence-electron chi connectivity index (χ4n) is 1.23. The molecule has 0 aromatic rings. The lowest BCUT2D eigenvalue weighted by molar-refractivity contribution is -0.131. The van der Waals surface area contributed by atoms with Gasteiger partial charge in [0, 0.05) is 11.3 Å². The van der Waals surface area contributed by atoms with Crippen molar-refractivity contribution < 1.29 is 9.90 Å². The lowest BCUT2D eigenvalue weighted by atomic mass is 10.4. The van der Waals surface area contributed by atoms with Crippen molar-refractivity contribution in [2.75, 3.05) is 0 Å². The first kappa shape index (κ1) is 8.65. The third kappa shape index (κ3) is 3.46. The van der Waals surface area contributed by atoms with Crippen LogP contribution in [-0.2, 0) is 4.79 Å². The van der Waals surface area contributed by atoms with Gasteiger partial charge in [-0.25, -0.2) is 4.79 Å². The van der Waals surface area contributed by atoms with E-state index in [2.05, 4.69) is 0 Å². The van der Waals surface area contributed by atoms with Gasteiger partial charge in [0.15, 0.2) is 0 Å². The Kier molecular flexibility index (Phi) is 3.49. The van der Waals surface area contributed by atoms with Gasteiger partial charge in [0.05, 0.1) is 0 Å². The molecule has 1 fully saturated rings. The smallest absolute Gasteiger partial charge is 0.328 e. The van der Waals surface area contributed by atoms with E-state index in [0.717, 1.165) is 0 Å². The molecule has 0 aromatic heterocycles. The van der Waals surface area contributed by atoms with Crippen molar-refractivity contribution in [1.82, 2.24) is 0 Å². The molecule has 1 rings (SSSR count). The third-order valence-electron chi connectivity index (χ3n) is 1.78.